The van der Waals surface area contributed by atoms with Crippen molar-refractivity contribution in [3.8, 4) is 17.0 Å². The number of carbonyl (C=O) groups is 2. The van der Waals surface area contributed by atoms with Crippen molar-refractivity contribution in [2.75, 3.05) is 13.2 Å². The van der Waals surface area contributed by atoms with Crippen LogP contribution in [0.1, 0.15) is 20.7 Å². The molecule has 0 saturated carbocycles. The Morgan fingerprint density at radius 2 is 1.63 bits per heavy atom. The highest BCUT2D eigenvalue weighted by atomic mass is 35.5. The van der Waals surface area contributed by atoms with Crippen LogP contribution in [0.15, 0.2) is 71.3 Å². The lowest BCUT2D eigenvalue weighted by atomic mass is 10.1. The number of aromatic nitrogens is 1. The molecule has 7 heteroatoms. The summed E-state index contributed by atoms with van der Waals surface area (Å²) in [4.78, 5) is 26.0. The molecule has 2 amide bonds. The van der Waals surface area contributed by atoms with Crippen molar-refractivity contribution in [3.63, 3.8) is 0 Å². The minimum Gasteiger partial charge on any atom is -0.492 e. The summed E-state index contributed by atoms with van der Waals surface area (Å²) in [6.45, 7) is 0.339. The molecule has 2 heterocycles. The van der Waals surface area contributed by atoms with Crippen molar-refractivity contribution < 1.29 is 18.8 Å². The fourth-order valence-corrected chi connectivity index (χ4v) is 3.65. The number of ether oxygens (including phenoxy) is 1. The highest BCUT2D eigenvalue weighted by molar-refractivity contribution is 6.30. The number of nitrogens with zero attached hydrogens (tertiary/aromatic N) is 2. The molecule has 30 heavy (non-hydrogen) atoms. The third kappa shape index (κ3) is 3.11. The molecular weight excluding hydrogens is 404 g/mol. The van der Waals surface area contributed by atoms with Crippen LogP contribution < -0.4 is 4.74 Å². The van der Waals surface area contributed by atoms with Crippen LogP contribution in [-0.2, 0) is 0 Å². The molecule has 1 aliphatic heterocycles. The van der Waals surface area contributed by atoms with Crippen LogP contribution >= 0.6 is 11.6 Å². The zero-order valence-electron chi connectivity index (χ0n) is 15.7. The summed E-state index contributed by atoms with van der Waals surface area (Å²) in [5, 5.41) is 5.66. The van der Waals surface area contributed by atoms with E-state index in [1.165, 1.54) is 4.90 Å². The summed E-state index contributed by atoms with van der Waals surface area (Å²) in [5.41, 5.74) is 3.07. The first-order chi connectivity index (χ1) is 14.6. The normalized spacial score (nSPS) is 13.2. The van der Waals surface area contributed by atoms with E-state index in [0.717, 1.165) is 16.6 Å². The SMILES string of the molecule is O=C1c2ccccc2C(=O)N1CCOc1ccc2c(-c3ccc(Cl)cc3)noc2c1. The summed E-state index contributed by atoms with van der Waals surface area (Å²) in [5.74, 6) is -0.0205. The predicted octanol–water partition coefficient (Wildman–Crippen LogP) is 4.82. The van der Waals surface area contributed by atoms with Gasteiger partial charge in [-0.25, -0.2) is 0 Å². The molecule has 1 aliphatic rings. The molecule has 0 radical (unpaired) electrons. The molecule has 148 valence electrons. The van der Waals surface area contributed by atoms with E-state index in [1.807, 2.05) is 18.2 Å². The molecule has 5 rings (SSSR count). The number of amides is 2. The van der Waals surface area contributed by atoms with Gasteiger partial charge in [0.25, 0.3) is 11.8 Å². The number of carbonyl (C=O) groups excluding carboxylic acids is 2. The van der Waals surface area contributed by atoms with Crippen molar-refractivity contribution >= 4 is 34.4 Å². The van der Waals surface area contributed by atoms with Gasteiger partial charge in [-0.2, -0.15) is 0 Å². The van der Waals surface area contributed by atoms with Crippen LogP contribution in [-0.4, -0.2) is 35.0 Å². The van der Waals surface area contributed by atoms with Crippen LogP contribution in [0.5, 0.6) is 5.75 Å². The minimum absolute atomic E-state index is 0.164. The molecule has 4 aromatic rings. The maximum absolute atomic E-state index is 12.4. The van der Waals surface area contributed by atoms with Gasteiger partial charge >= 0.3 is 0 Å². The van der Waals surface area contributed by atoms with E-state index >= 15 is 0 Å². The number of hydrogen-bond acceptors (Lipinski definition) is 5. The number of imide groups is 1. The van der Waals surface area contributed by atoms with Crippen LogP contribution in [0.4, 0.5) is 0 Å². The van der Waals surface area contributed by atoms with Gasteiger partial charge < -0.3 is 9.26 Å². The van der Waals surface area contributed by atoms with Gasteiger partial charge in [-0.05, 0) is 36.4 Å². The number of rotatable bonds is 5. The zero-order chi connectivity index (χ0) is 20.7. The van der Waals surface area contributed by atoms with E-state index in [2.05, 4.69) is 5.16 Å². The molecule has 1 aromatic heterocycles. The van der Waals surface area contributed by atoms with Gasteiger partial charge in [0.1, 0.15) is 18.1 Å². The van der Waals surface area contributed by atoms with E-state index in [-0.39, 0.29) is 25.0 Å². The number of halogens is 1. The van der Waals surface area contributed by atoms with Crippen molar-refractivity contribution in [3.05, 3.63) is 82.9 Å². The van der Waals surface area contributed by atoms with Crippen molar-refractivity contribution in [2.45, 2.75) is 0 Å². The molecule has 0 unspecified atom stereocenters. The Labute approximate surface area is 176 Å². The Morgan fingerprint density at radius 3 is 2.33 bits per heavy atom. The van der Waals surface area contributed by atoms with E-state index in [9.17, 15) is 9.59 Å². The van der Waals surface area contributed by atoms with Crippen molar-refractivity contribution in [1.29, 1.82) is 0 Å². The van der Waals surface area contributed by atoms with Gasteiger partial charge in [-0.3, -0.25) is 14.5 Å². The van der Waals surface area contributed by atoms with Crippen LogP contribution in [0.25, 0.3) is 22.2 Å². The second-order valence-electron chi connectivity index (χ2n) is 6.85. The van der Waals surface area contributed by atoms with Gasteiger partial charge in [-0.15, -0.1) is 0 Å². The van der Waals surface area contributed by atoms with Crippen LogP contribution in [0, 0.1) is 0 Å². The first kappa shape index (κ1) is 18.4. The Bertz CT molecular complexity index is 1250. The van der Waals surface area contributed by atoms with E-state index in [1.54, 1.807) is 48.5 Å². The summed E-state index contributed by atoms with van der Waals surface area (Å²) in [6, 6.07) is 19.6. The summed E-state index contributed by atoms with van der Waals surface area (Å²) < 4.78 is 11.2. The van der Waals surface area contributed by atoms with Gasteiger partial charge in [0, 0.05) is 22.0 Å². The molecule has 0 bridgehead atoms. The molecular formula is C23H15ClN2O4. The van der Waals surface area contributed by atoms with E-state index in [4.69, 9.17) is 20.9 Å². The molecule has 0 atom stereocenters. The molecule has 0 aliphatic carbocycles. The Kier molecular flexibility index (Phi) is 4.48. The van der Waals surface area contributed by atoms with Crippen LogP contribution in [0.2, 0.25) is 5.02 Å². The Hall–Kier alpha value is -3.64. The second-order valence-corrected chi connectivity index (χ2v) is 7.29. The first-order valence-corrected chi connectivity index (χ1v) is 9.73. The second kappa shape index (κ2) is 7.31. The zero-order valence-corrected chi connectivity index (χ0v) is 16.4. The minimum atomic E-state index is -0.294. The average Bonchev–Trinajstić information content (AvgIpc) is 3.29. The van der Waals surface area contributed by atoms with Gasteiger partial charge in [0.2, 0.25) is 0 Å². The molecule has 0 saturated heterocycles. The van der Waals surface area contributed by atoms with E-state index < -0.39 is 0 Å². The summed E-state index contributed by atoms with van der Waals surface area (Å²) in [6.07, 6.45) is 0. The van der Waals surface area contributed by atoms with Gasteiger partial charge in [0.15, 0.2) is 5.58 Å². The third-order valence-electron chi connectivity index (χ3n) is 5.02. The maximum atomic E-state index is 12.4. The van der Waals surface area contributed by atoms with E-state index in [0.29, 0.717) is 27.5 Å². The molecule has 0 spiro atoms. The quantitative estimate of drug-likeness (QED) is 0.434. The van der Waals surface area contributed by atoms with Gasteiger partial charge in [-0.1, -0.05) is 41.0 Å². The number of benzene rings is 3. The van der Waals surface area contributed by atoms with Crippen molar-refractivity contribution in [2.24, 2.45) is 0 Å². The first-order valence-electron chi connectivity index (χ1n) is 9.35. The lowest BCUT2D eigenvalue weighted by molar-refractivity contribution is 0.0631. The number of hydrogen-bond donors (Lipinski definition) is 0. The smallest absolute Gasteiger partial charge is 0.261 e. The Balaban J connectivity index is 1.28. The number of fused-ring (bicyclic) bond motifs is 2. The highest BCUT2D eigenvalue weighted by Gasteiger charge is 2.34. The highest BCUT2D eigenvalue weighted by Crippen LogP contribution is 2.31. The van der Waals surface area contributed by atoms with Gasteiger partial charge in [0.05, 0.1) is 17.7 Å². The fraction of sp³-hybridized carbons (Fsp3) is 0.0870. The predicted molar refractivity (Wildman–Crippen MR) is 112 cm³/mol. The monoisotopic (exact) mass is 418 g/mol. The topological polar surface area (TPSA) is 72.6 Å². The summed E-state index contributed by atoms with van der Waals surface area (Å²) in [7, 11) is 0. The average molecular weight is 419 g/mol. The Morgan fingerprint density at radius 1 is 0.933 bits per heavy atom. The molecule has 3 aromatic carbocycles. The summed E-state index contributed by atoms with van der Waals surface area (Å²) >= 11 is 5.95. The lowest BCUT2D eigenvalue weighted by Crippen LogP contribution is -2.33. The third-order valence-corrected chi connectivity index (χ3v) is 5.27. The standard InChI is InChI=1S/C23H15ClN2O4/c24-15-7-5-14(6-8-15)21-19-10-9-16(13-20(19)30-25-21)29-12-11-26-22(27)17-3-1-2-4-18(17)23(26)28/h1-10,13H,11-12H2. The molecule has 0 N–H and O–H groups in total. The maximum Gasteiger partial charge on any atom is 0.261 e. The largest absolute Gasteiger partial charge is 0.492 e. The fourth-order valence-electron chi connectivity index (χ4n) is 3.52. The lowest BCUT2D eigenvalue weighted by Gasteiger charge is -2.14. The molecule has 6 nitrogen and oxygen atoms in total. The van der Waals surface area contributed by atoms with Crippen molar-refractivity contribution in [1.82, 2.24) is 10.1 Å². The molecule has 0 fully saturated rings. The van der Waals surface area contributed by atoms with Crippen LogP contribution in [0.3, 0.4) is 0 Å².